The molecule has 1 fully saturated rings. The van der Waals surface area contributed by atoms with E-state index in [1.165, 1.54) is 0 Å². The Hall–Kier alpha value is -3.19. The molecule has 144 valence electrons. The van der Waals surface area contributed by atoms with E-state index < -0.39 is 17.9 Å². The summed E-state index contributed by atoms with van der Waals surface area (Å²) >= 11 is 0. The monoisotopic (exact) mass is 379 g/mol. The first kappa shape index (κ1) is 18.2. The first-order chi connectivity index (χ1) is 13.7. The first-order valence-corrected chi connectivity index (χ1v) is 9.11. The number of benzene rings is 1. The zero-order chi connectivity index (χ0) is 19.5. The van der Waals surface area contributed by atoms with Gasteiger partial charge in [-0.05, 0) is 23.8 Å². The van der Waals surface area contributed by atoms with Gasteiger partial charge in [0.15, 0.2) is 0 Å². The van der Waals surface area contributed by atoms with E-state index in [4.69, 9.17) is 9.47 Å². The van der Waals surface area contributed by atoms with Gasteiger partial charge in [0.05, 0.1) is 31.2 Å². The SMILES string of the molecule is COc1cccc(NC(=O)[C@H]2[C@@H](C(=O)NCc3cccnc3)[C@@H]3C=C[C@H]2O3)c1. The van der Waals surface area contributed by atoms with Gasteiger partial charge in [-0.3, -0.25) is 14.6 Å². The van der Waals surface area contributed by atoms with Crippen molar-refractivity contribution in [1.82, 2.24) is 10.3 Å². The second-order valence-electron chi connectivity index (χ2n) is 6.80. The predicted molar refractivity (Wildman–Crippen MR) is 102 cm³/mol. The molecule has 2 aromatic rings. The van der Waals surface area contributed by atoms with Crippen LogP contribution in [-0.2, 0) is 20.9 Å². The zero-order valence-electron chi connectivity index (χ0n) is 15.4. The summed E-state index contributed by atoms with van der Waals surface area (Å²) in [4.78, 5) is 29.8. The van der Waals surface area contributed by atoms with Crippen LogP contribution in [0.2, 0.25) is 0 Å². The average Bonchev–Trinajstić information content (AvgIpc) is 3.34. The number of nitrogens with zero attached hydrogens (tertiary/aromatic N) is 1. The van der Waals surface area contributed by atoms with Gasteiger partial charge in [0, 0.05) is 30.7 Å². The Labute approximate surface area is 162 Å². The summed E-state index contributed by atoms with van der Waals surface area (Å²) < 4.78 is 11.0. The lowest BCUT2D eigenvalue weighted by Crippen LogP contribution is -2.44. The van der Waals surface area contributed by atoms with Gasteiger partial charge < -0.3 is 20.1 Å². The number of methoxy groups -OCH3 is 1. The van der Waals surface area contributed by atoms with Crippen LogP contribution in [0.25, 0.3) is 0 Å². The molecule has 1 aromatic carbocycles. The molecule has 2 bridgehead atoms. The summed E-state index contributed by atoms with van der Waals surface area (Å²) in [5.41, 5.74) is 1.51. The van der Waals surface area contributed by atoms with Crippen molar-refractivity contribution in [2.24, 2.45) is 11.8 Å². The van der Waals surface area contributed by atoms with Crippen LogP contribution in [0.1, 0.15) is 5.56 Å². The minimum Gasteiger partial charge on any atom is -0.497 e. The van der Waals surface area contributed by atoms with Crippen molar-refractivity contribution in [3.63, 3.8) is 0 Å². The van der Waals surface area contributed by atoms with Crippen molar-refractivity contribution in [3.05, 3.63) is 66.5 Å². The molecule has 0 spiro atoms. The number of amides is 2. The highest BCUT2D eigenvalue weighted by Gasteiger charge is 2.52. The fourth-order valence-corrected chi connectivity index (χ4v) is 3.67. The van der Waals surface area contributed by atoms with E-state index in [-0.39, 0.29) is 17.9 Å². The first-order valence-electron chi connectivity index (χ1n) is 9.11. The van der Waals surface area contributed by atoms with Gasteiger partial charge in [-0.15, -0.1) is 0 Å². The van der Waals surface area contributed by atoms with E-state index >= 15 is 0 Å². The molecule has 2 aliphatic heterocycles. The Kier molecular flexibility index (Phi) is 5.08. The minimum atomic E-state index is -0.588. The van der Waals surface area contributed by atoms with E-state index in [0.717, 1.165) is 5.56 Å². The number of anilines is 1. The van der Waals surface area contributed by atoms with E-state index in [1.54, 1.807) is 43.8 Å². The molecule has 3 heterocycles. The molecule has 2 aliphatic rings. The molecule has 1 aromatic heterocycles. The summed E-state index contributed by atoms with van der Waals surface area (Å²) in [5, 5.41) is 5.78. The quantitative estimate of drug-likeness (QED) is 0.749. The largest absolute Gasteiger partial charge is 0.497 e. The number of pyridine rings is 1. The van der Waals surface area contributed by atoms with Crippen molar-refractivity contribution in [2.45, 2.75) is 18.8 Å². The van der Waals surface area contributed by atoms with Crippen molar-refractivity contribution in [1.29, 1.82) is 0 Å². The smallest absolute Gasteiger partial charge is 0.231 e. The van der Waals surface area contributed by atoms with Gasteiger partial charge >= 0.3 is 0 Å². The molecule has 0 radical (unpaired) electrons. The molecule has 4 atom stereocenters. The van der Waals surface area contributed by atoms with Crippen LogP contribution in [-0.4, -0.2) is 36.1 Å². The molecular formula is C21H21N3O4. The molecule has 28 heavy (non-hydrogen) atoms. The van der Waals surface area contributed by atoms with Crippen molar-refractivity contribution < 1.29 is 19.1 Å². The third-order valence-corrected chi connectivity index (χ3v) is 5.03. The van der Waals surface area contributed by atoms with Crippen LogP contribution < -0.4 is 15.4 Å². The summed E-state index contributed by atoms with van der Waals surface area (Å²) in [6.07, 6.45) is 6.30. The van der Waals surface area contributed by atoms with E-state index in [0.29, 0.717) is 18.0 Å². The minimum absolute atomic E-state index is 0.202. The van der Waals surface area contributed by atoms with Gasteiger partial charge in [0.25, 0.3) is 0 Å². The number of aromatic nitrogens is 1. The summed E-state index contributed by atoms with van der Waals surface area (Å²) in [6, 6.07) is 10.8. The summed E-state index contributed by atoms with van der Waals surface area (Å²) in [7, 11) is 1.57. The number of carbonyl (C=O) groups is 2. The van der Waals surface area contributed by atoms with Crippen molar-refractivity contribution >= 4 is 17.5 Å². The molecule has 0 aliphatic carbocycles. The molecule has 0 unspecified atom stereocenters. The average molecular weight is 379 g/mol. The number of hydrogen-bond acceptors (Lipinski definition) is 5. The highest BCUT2D eigenvalue weighted by Crippen LogP contribution is 2.40. The van der Waals surface area contributed by atoms with Gasteiger partial charge in [-0.2, -0.15) is 0 Å². The Morgan fingerprint density at radius 3 is 2.61 bits per heavy atom. The van der Waals surface area contributed by atoms with E-state index in [9.17, 15) is 9.59 Å². The number of nitrogens with one attached hydrogen (secondary N) is 2. The second kappa shape index (κ2) is 7.82. The van der Waals surface area contributed by atoms with Crippen molar-refractivity contribution in [2.75, 3.05) is 12.4 Å². The third kappa shape index (κ3) is 3.61. The van der Waals surface area contributed by atoms with Crippen LogP contribution in [0.5, 0.6) is 5.75 Å². The number of carbonyl (C=O) groups excluding carboxylic acids is 2. The number of rotatable bonds is 6. The standard InChI is InChI=1S/C21H21N3O4/c1-27-15-6-2-5-14(10-15)24-21(26)19-17-8-7-16(28-17)18(19)20(25)23-12-13-4-3-9-22-11-13/h2-11,16-19H,12H2,1H3,(H,23,25)(H,24,26)/t16-,17+,18-,19+/m0/s1. The molecule has 1 saturated heterocycles. The molecule has 2 amide bonds. The van der Waals surface area contributed by atoms with Crippen LogP contribution in [0.3, 0.4) is 0 Å². The molecular weight excluding hydrogens is 358 g/mol. The maximum Gasteiger partial charge on any atom is 0.231 e. The van der Waals surface area contributed by atoms with E-state index in [2.05, 4.69) is 15.6 Å². The lowest BCUT2D eigenvalue weighted by Gasteiger charge is -2.23. The Bertz CT molecular complexity index is 900. The Morgan fingerprint density at radius 2 is 1.89 bits per heavy atom. The second-order valence-corrected chi connectivity index (χ2v) is 6.80. The van der Waals surface area contributed by atoms with Gasteiger partial charge in [-0.1, -0.05) is 24.3 Å². The number of ether oxygens (including phenoxy) is 2. The summed E-state index contributed by atoms with van der Waals surface area (Å²) in [5.74, 6) is -0.960. The topological polar surface area (TPSA) is 89.5 Å². The number of fused-ring (bicyclic) bond motifs is 2. The molecule has 0 saturated carbocycles. The Morgan fingerprint density at radius 1 is 1.11 bits per heavy atom. The number of hydrogen-bond donors (Lipinski definition) is 2. The van der Waals surface area contributed by atoms with Crippen LogP contribution in [0.15, 0.2) is 60.9 Å². The lowest BCUT2D eigenvalue weighted by atomic mass is 9.81. The van der Waals surface area contributed by atoms with E-state index in [1.807, 2.05) is 24.3 Å². The Balaban J connectivity index is 1.46. The molecule has 7 nitrogen and oxygen atoms in total. The van der Waals surface area contributed by atoms with Crippen LogP contribution >= 0.6 is 0 Å². The fourth-order valence-electron chi connectivity index (χ4n) is 3.67. The van der Waals surface area contributed by atoms with Crippen LogP contribution in [0, 0.1) is 11.8 Å². The summed E-state index contributed by atoms with van der Waals surface area (Å²) in [6.45, 7) is 0.356. The van der Waals surface area contributed by atoms with Gasteiger partial charge in [-0.25, -0.2) is 0 Å². The van der Waals surface area contributed by atoms with Gasteiger partial charge in [0.2, 0.25) is 11.8 Å². The third-order valence-electron chi connectivity index (χ3n) is 5.03. The highest BCUT2D eigenvalue weighted by atomic mass is 16.5. The molecule has 2 N–H and O–H groups in total. The maximum atomic E-state index is 12.9. The zero-order valence-corrected chi connectivity index (χ0v) is 15.4. The lowest BCUT2D eigenvalue weighted by molar-refractivity contribution is -0.131. The van der Waals surface area contributed by atoms with Crippen LogP contribution in [0.4, 0.5) is 5.69 Å². The predicted octanol–water partition coefficient (Wildman–Crippen LogP) is 1.91. The fraction of sp³-hybridized carbons (Fsp3) is 0.286. The normalized spacial score (nSPS) is 24.8. The van der Waals surface area contributed by atoms with Crippen molar-refractivity contribution in [3.8, 4) is 5.75 Å². The molecule has 7 heteroatoms. The molecule has 4 rings (SSSR count). The highest BCUT2D eigenvalue weighted by molar-refractivity contribution is 5.97. The maximum absolute atomic E-state index is 12.9. The van der Waals surface area contributed by atoms with Gasteiger partial charge in [0.1, 0.15) is 5.75 Å².